The summed E-state index contributed by atoms with van der Waals surface area (Å²) in [6, 6.07) is 10.9. The van der Waals surface area contributed by atoms with E-state index in [2.05, 4.69) is 10.6 Å². The van der Waals surface area contributed by atoms with Gasteiger partial charge in [0.25, 0.3) is 0 Å². The van der Waals surface area contributed by atoms with Crippen molar-refractivity contribution in [1.82, 2.24) is 10.3 Å². The number of carbonyl (C=O) groups is 1. The lowest BCUT2D eigenvalue weighted by atomic mass is 10.1. The van der Waals surface area contributed by atoms with Gasteiger partial charge in [0.05, 0.1) is 5.71 Å². The Kier molecular flexibility index (Phi) is 7.79. The standard InChI is InChI=1S/C22H29N5O2/c1-5-25-12-11-19(23)17-9-10-21(16(3)13-17)29-14-18-15(2)7-6-8-20(18)26-22(28)27(4)24/h6-13,23,25H,5,14,24H2,1-4H3,(H,26,28)/b12-11-,23-19?. The van der Waals surface area contributed by atoms with Crippen molar-refractivity contribution in [2.24, 2.45) is 5.84 Å². The number of urea groups is 1. The summed E-state index contributed by atoms with van der Waals surface area (Å²) < 4.78 is 6.02. The Hall–Kier alpha value is -3.32. The van der Waals surface area contributed by atoms with E-state index in [4.69, 9.17) is 16.0 Å². The molecule has 0 bridgehead atoms. The molecule has 0 aromatic heterocycles. The monoisotopic (exact) mass is 395 g/mol. The van der Waals surface area contributed by atoms with Crippen molar-refractivity contribution in [3.8, 4) is 5.75 Å². The van der Waals surface area contributed by atoms with Crippen LogP contribution < -0.4 is 21.2 Å². The maximum absolute atomic E-state index is 11.9. The van der Waals surface area contributed by atoms with Crippen molar-refractivity contribution >= 4 is 17.4 Å². The molecule has 2 amide bonds. The van der Waals surface area contributed by atoms with E-state index in [-0.39, 0.29) is 0 Å². The van der Waals surface area contributed by atoms with Crippen LogP contribution in [0.4, 0.5) is 10.5 Å². The summed E-state index contributed by atoms with van der Waals surface area (Å²) in [4.78, 5) is 11.9. The second-order valence-corrected chi connectivity index (χ2v) is 6.72. The average Bonchev–Trinajstić information content (AvgIpc) is 2.68. The molecule has 7 heteroatoms. The van der Waals surface area contributed by atoms with Gasteiger partial charge in [-0.2, -0.15) is 0 Å². The highest BCUT2D eigenvalue weighted by Crippen LogP contribution is 2.25. The Morgan fingerprint density at radius 2 is 2.00 bits per heavy atom. The molecule has 0 aliphatic heterocycles. The zero-order valence-electron chi connectivity index (χ0n) is 17.4. The molecule has 0 aliphatic rings. The summed E-state index contributed by atoms with van der Waals surface area (Å²) in [5.41, 5.74) is 4.73. The van der Waals surface area contributed by atoms with Gasteiger partial charge in [0, 0.05) is 24.8 Å². The van der Waals surface area contributed by atoms with Crippen LogP contribution in [0, 0.1) is 19.3 Å². The fourth-order valence-electron chi connectivity index (χ4n) is 2.70. The van der Waals surface area contributed by atoms with Gasteiger partial charge in [0.2, 0.25) is 0 Å². The van der Waals surface area contributed by atoms with E-state index in [1.165, 1.54) is 7.05 Å². The molecular weight excluding hydrogens is 366 g/mol. The topological polar surface area (TPSA) is 103 Å². The van der Waals surface area contributed by atoms with Crippen molar-refractivity contribution in [1.29, 1.82) is 5.41 Å². The number of hydrazine groups is 1. The lowest BCUT2D eigenvalue weighted by molar-refractivity contribution is 0.223. The highest BCUT2D eigenvalue weighted by atomic mass is 16.5. The summed E-state index contributed by atoms with van der Waals surface area (Å²) in [5, 5.41) is 15.0. The summed E-state index contributed by atoms with van der Waals surface area (Å²) >= 11 is 0. The van der Waals surface area contributed by atoms with Gasteiger partial charge in [0.1, 0.15) is 12.4 Å². The van der Waals surface area contributed by atoms with Gasteiger partial charge < -0.3 is 20.8 Å². The lowest BCUT2D eigenvalue weighted by Gasteiger charge is -2.17. The zero-order chi connectivity index (χ0) is 21.4. The van der Waals surface area contributed by atoms with E-state index in [0.717, 1.165) is 39.6 Å². The maximum Gasteiger partial charge on any atom is 0.335 e. The van der Waals surface area contributed by atoms with Gasteiger partial charge >= 0.3 is 6.03 Å². The van der Waals surface area contributed by atoms with E-state index in [9.17, 15) is 4.79 Å². The first-order valence-corrected chi connectivity index (χ1v) is 9.43. The number of anilines is 1. The van der Waals surface area contributed by atoms with Gasteiger partial charge in [-0.25, -0.2) is 10.6 Å². The molecule has 5 N–H and O–H groups in total. The molecule has 0 atom stereocenters. The molecule has 0 spiro atoms. The molecule has 29 heavy (non-hydrogen) atoms. The Bertz CT molecular complexity index is 906. The van der Waals surface area contributed by atoms with Crippen LogP contribution in [0.3, 0.4) is 0 Å². The molecule has 2 aromatic rings. The number of hydrogen-bond donors (Lipinski definition) is 4. The number of hydrogen-bond acceptors (Lipinski definition) is 5. The van der Waals surface area contributed by atoms with Crippen LogP contribution in [-0.4, -0.2) is 30.3 Å². The summed E-state index contributed by atoms with van der Waals surface area (Å²) in [7, 11) is 1.48. The van der Waals surface area contributed by atoms with E-state index in [0.29, 0.717) is 18.0 Å². The molecule has 154 valence electrons. The van der Waals surface area contributed by atoms with Gasteiger partial charge in [-0.15, -0.1) is 0 Å². The Morgan fingerprint density at radius 3 is 2.66 bits per heavy atom. The van der Waals surface area contributed by atoms with E-state index in [1.807, 2.05) is 57.2 Å². The van der Waals surface area contributed by atoms with E-state index < -0.39 is 6.03 Å². The summed E-state index contributed by atoms with van der Waals surface area (Å²) in [6.07, 6.45) is 3.50. The molecule has 0 saturated carbocycles. The number of nitrogens with one attached hydrogen (secondary N) is 3. The fraction of sp³-hybridized carbons (Fsp3) is 0.273. The Morgan fingerprint density at radius 1 is 1.24 bits per heavy atom. The number of nitrogens with zero attached hydrogens (tertiary/aromatic N) is 1. The third kappa shape index (κ3) is 6.08. The molecule has 0 fully saturated rings. The molecule has 0 unspecified atom stereocenters. The van der Waals surface area contributed by atoms with Gasteiger partial charge in [-0.1, -0.05) is 12.1 Å². The molecule has 0 saturated heterocycles. The zero-order valence-corrected chi connectivity index (χ0v) is 17.4. The number of amides is 2. The normalized spacial score (nSPS) is 10.7. The highest BCUT2D eigenvalue weighted by molar-refractivity contribution is 6.06. The van der Waals surface area contributed by atoms with Crippen LogP contribution in [0.5, 0.6) is 5.75 Å². The second-order valence-electron chi connectivity index (χ2n) is 6.72. The van der Waals surface area contributed by atoms with Crippen molar-refractivity contribution < 1.29 is 9.53 Å². The predicted octanol–water partition coefficient (Wildman–Crippen LogP) is 3.71. The molecule has 2 aromatic carbocycles. The van der Waals surface area contributed by atoms with Gasteiger partial charge in [0.15, 0.2) is 0 Å². The number of allylic oxidation sites excluding steroid dienone is 1. The van der Waals surface area contributed by atoms with Crippen LogP contribution in [0.25, 0.3) is 0 Å². The maximum atomic E-state index is 11.9. The molecule has 7 nitrogen and oxygen atoms in total. The van der Waals surface area contributed by atoms with Crippen LogP contribution in [-0.2, 0) is 6.61 Å². The van der Waals surface area contributed by atoms with E-state index >= 15 is 0 Å². The van der Waals surface area contributed by atoms with Crippen molar-refractivity contribution in [2.75, 3.05) is 18.9 Å². The van der Waals surface area contributed by atoms with Crippen molar-refractivity contribution in [3.63, 3.8) is 0 Å². The smallest absolute Gasteiger partial charge is 0.335 e. The van der Waals surface area contributed by atoms with Gasteiger partial charge in [-0.3, -0.25) is 5.01 Å². The number of carbonyl (C=O) groups excluding carboxylic acids is 1. The molecule has 0 heterocycles. The molecule has 0 radical (unpaired) electrons. The minimum atomic E-state index is -0.401. The van der Waals surface area contributed by atoms with Crippen LogP contribution >= 0.6 is 0 Å². The first kappa shape index (κ1) is 22.0. The first-order chi connectivity index (χ1) is 13.8. The largest absolute Gasteiger partial charge is 0.489 e. The predicted molar refractivity (Wildman–Crippen MR) is 117 cm³/mol. The molecule has 2 rings (SSSR count). The van der Waals surface area contributed by atoms with Gasteiger partial charge in [-0.05, 0) is 74.0 Å². The SMILES string of the molecule is CCN/C=C\C(=N)c1ccc(OCc2c(C)cccc2NC(=O)N(C)N)c(C)c1. The van der Waals surface area contributed by atoms with E-state index in [1.54, 1.807) is 12.3 Å². The third-order valence-electron chi connectivity index (χ3n) is 4.40. The summed E-state index contributed by atoms with van der Waals surface area (Å²) in [5.74, 6) is 6.23. The number of rotatable bonds is 8. The number of aryl methyl sites for hydroxylation is 2. The molecular formula is C22H29N5O2. The second kappa shape index (κ2) is 10.3. The quantitative estimate of drug-likeness (QED) is 0.237. The minimum absolute atomic E-state index is 0.300. The Labute approximate surface area is 172 Å². The number of nitrogens with two attached hydrogens (primary N) is 1. The average molecular weight is 396 g/mol. The lowest BCUT2D eigenvalue weighted by Crippen LogP contribution is -2.37. The number of ether oxygens (including phenoxy) is 1. The Balaban J connectivity index is 2.14. The van der Waals surface area contributed by atoms with Crippen molar-refractivity contribution in [3.05, 3.63) is 70.9 Å². The molecule has 0 aliphatic carbocycles. The highest BCUT2D eigenvalue weighted by Gasteiger charge is 2.12. The third-order valence-corrected chi connectivity index (χ3v) is 4.40. The van der Waals surface area contributed by atoms with Crippen LogP contribution in [0.1, 0.15) is 29.2 Å². The fourth-order valence-corrected chi connectivity index (χ4v) is 2.70. The van der Waals surface area contributed by atoms with Crippen molar-refractivity contribution in [2.45, 2.75) is 27.4 Å². The van der Waals surface area contributed by atoms with Crippen LogP contribution in [0.2, 0.25) is 0 Å². The van der Waals surface area contributed by atoms with Crippen LogP contribution in [0.15, 0.2) is 48.7 Å². The minimum Gasteiger partial charge on any atom is -0.489 e. The first-order valence-electron chi connectivity index (χ1n) is 9.43. The number of benzene rings is 2. The summed E-state index contributed by atoms with van der Waals surface area (Å²) in [6.45, 7) is 7.04.